The van der Waals surface area contributed by atoms with Gasteiger partial charge < -0.3 is 19.5 Å². The van der Waals surface area contributed by atoms with Crippen LogP contribution in [0.25, 0.3) is 0 Å². The van der Waals surface area contributed by atoms with Crippen molar-refractivity contribution in [2.75, 3.05) is 27.3 Å². The quantitative estimate of drug-likeness (QED) is 0.546. The number of benzene rings is 1. The Balaban J connectivity index is 2.19. The molecule has 0 spiro atoms. The average molecular weight is 412 g/mol. The van der Waals surface area contributed by atoms with Gasteiger partial charge in [-0.15, -0.1) is 0 Å². The number of amides is 1. The largest absolute Gasteiger partial charge is 0.502 e. The summed E-state index contributed by atoms with van der Waals surface area (Å²) in [6.45, 7) is 5.43. The lowest BCUT2D eigenvalue weighted by Crippen LogP contribution is -2.34. The summed E-state index contributed by atoms with van der Waals surface area (Å²) in [7, 11) is 2.95. The number of carbonyl (C=O) groups excluding carboxylic acids is 1. The van der Waals surface area contributed by atoms with E-state index in [2.05, 4.69) is 32.1 Å². The second-order valence-electron chi connectivity index (χ2n) is 7.38. The minimum absolute atomic E-state index is 0.0492. The molecule has 0 unspecified atom stereocenters. The van der Waals surface area contributed by atoms with Gasteiger partial charge in [0, 0.05) is 18.7 Å². The third kappa shape index (κ3) is 6.55. The van der Waals surface area contributed by atoms with Gasteiger partial charge in [0.1, 0.15) is 0 Å². The highest BCUT2D eigenvalue weighted by Gasteiger charge is 2.23. The lowest BCUT2D eigenvalue weighted by molar-refractivity contribution is -0.126. The maximum absolute atomic E-state index is 13.3. The zero-order valence-corrected chi connectivity index (χ0v) is 18.5. The van der Waals surface area contributed by atoms with Crippen LogP contribution >= 0.6 is 0 Å². The number of hydrogen-bond donors (Lipinski definition) is 1. The smallest absolute Gasteiger partial charge is 0.250 e. The molecule has 1 aliphatic rings. The summed E-state index contributed by atoms with van der Waals surface area (Å²) in [5, 5.41) is 10.3. The number of hydrogen-bond acceptors (Lipinski definition) is 4. The molecule has 162 valence electrons. The molecule has 0 bridgehead atoms. The highest BCUT2D eigenvalue weighted by molar-refractivity contribution is 5.94. The Hall–Kier alpha value is -2.95. The molecular weight excluding hydrogens is 378 g/mol. The molecule has 1 N–H and O–H groups in total. The molecule has 1 amide bonds. The Labute approximate surface area is 180 Å². The van der Waals surface area contributed by atoms with E-state index in [-0.39, 0.29) is 17.4 Å². The van der Waals surface area contributed by atoms with Gasteiger partial charge in [-0.05, 0) is 43.9 Å². The van der Waals surface area contributed by atoms with Crippen LogP contribution in [-0.4, -0.2) is 43.2 Å². The van der Waals surface area contributed by atoms with Gasteiger partial charge in [0.15, 0.2) is 17.3 Å². The van der Waals surface area contributed by atoms with E-state index in [0.717, 1.165) is 24.8 Å². The number of ether oxygens (including phenoxy) is 2. The monoisotopic (exact) mass is 411 g/mol. The first kappa shape index (κ1) is 23.3. The number of rotatable bonds is 10. The van der Waals surface area contributed by atoms with Gasteiger partial charge in [-0.25, -0.2) is 0 Å². The van der Waals surface area contributed by atoms with Crippen LogP contribution in [0, 0.1) is 0 Å². The van der Waals surface area contributed by atoms with Crippen molar-refractivity contribution in [1.82, 2.24) is 4.90 Å². The van der Waals surface area contributed by atoms with Crippen molar-refractivity contribution >= 4 is 5.91 Å². The fourth-order valence-electron chi connectivity index (χ4n) is 3.27. The third-order valence-electron chi connectivity index (χ3n) is 5.03. The Morgan fingerprint density at radius 3 is 2.57 bits per heavy atom. The number of methoxy groups -OCH3 is 2. The molecule has 5 heteroatoms. The number of allylic oxidation sites excluding steroid dienone is 3. The highest BCUT2D eigenvalue weighted by Crippen LogP contribution is 2.24. The second-order valence-corrected chi connectivity index (χ2v) is 7.38. The van der Waals surface area contributed by atoms with Crippen LogP contribution in [0.5, 0.6) is 0 Å². The molecule has 0 saturated heterocycles. The fraction of sp³-hybridized carbons (Fsp3) is 0.400. The van der Waals surface area contributed by atoms with Gasteiger partial charge >= 0.3 is 0 Å². The van der Waals surface area contributed by atoms with Gasteiger partial charge in [0.2, 0.25) is 0 Å². The standard InChI is InChI=1S/C25H33NO4/c1-5-6-16-26(18-19(2)12-13-20-10-8-7-9-11-20)25(28)21-14-15-22(29-3)24(27)23(17-21)30-4/h7-12,15,17,27H,5-6,13-14,16,18H2,1-4H3/b19-12+. The number of aliphatic hydroxyl groups is 1. The summed E-state index contributed by atoms with van der Waals surface area (Å²) in [6, 6.07) is 10.3. The minimum Gasteiger partial charge on any atom is -0.502 e. The summed E-state index contributed by atoms with van der Waals surface area (Å²) >= 11 is 0. The molecule has 5 nitrogen and oxygen atoms in total. The van der Waals surface area contributed by atoms with Crippen LogP contribution in [0.1, 0.15) is 38.7 Å². The molecule has 0 atom stereocenters. The van der Waals surface area contributed by atoms with E-state index >= 15 is 0 Å². The van der Waals surface area contributed by atoms with Crippen LogP contribution < -0.4 is 0 Å². The Morgan fingerprint density at radius 1 is 1.20 bits per heavy atom. The van der Waals surface area contributed by atoms with Crippen molar-refractivity contribution in [2.45, 2.75) is 39.5 Å². The third-order valence-corrected chi connectivity index (χ3v) is 5.03. The van der Waals surface area contributed by atoms with Crippen LogP contribution in [0.2, 0.25) is 0 Å². The van der Waals surface area contributed by atoms with Crippen molar-refractivity contribution in [3.63, 3.8) is 0 Å². The maximum Gasteiger partial charge on any atom is 0.250 e. The first-order valence-corrected chi connectivity index (χ1v) is 10.4. The lowest BCUT2D eigenvalue weighted by atomic mass is 10.1. The number of nitrogens with zero attached hydrogens (tertiary/aromatic N) is 1. The molecule has 0 radical (unpaired) electrons. The molecule has 1 aromatic rings. The van der Waals surface area contributed by atoms with Crippen molar-refractivity contribution < 1.29 is 19.4 Å². The first-order valence-electron chi connectivity index (χ1n) is 10.4. The molecule has 1 aliphatic carbocycles. The molecule has 0 aromatic heterocycles. The van der Waals surface area contributed by atoms with Gasteiger partial charge in [-0.1, -0.05) is 55.3 Å². The van der Waals surface area contributed by atoms with Gasteiger partial charge in [-0.3, -0.25) is 4.79 Å². The van der Waals surface area contributed by atoms with Crippen LogP contribution in [0.3, 0.4) is 0 Å². The summed E-state index contributed by atoms with van der Waals surface area (Å²) in [5.41, 5.74) is 2.96. The zero-order valence-electron chi connectivity index (χ0n) is 18.5. The normalized spacial score (nSPS) is 14.6. The predicted molar refractivity (Wildman–Crippen MR) is 120 cm³/mol. The van der Waals surface area contributed by atoms with E-state index in [1.165, 1.54) is 19.8 Å². The predicted octanol–water partition coefficient (Wildman–Crippen LogP) is 5.08. The van der Waals surface area contributed by atoms with Crippen molar-refractivity contribution in [1.29, 1.82) is 0 Å². The summed E-state index contributed by atoms with van der Waals surface area (Å²) in [4.78, 5) is 15.2. The molecule has 2 rings (SSSR count). The van der Waals surface area contributed by atoms with Crippen LogP contribution in [0.4, 0.5) is 0 Å². The fourth-order valence-corrected chi connectivity index (χ4v) is 3.27. The topological polar surface area (TPSA) is 59.0 Å². The van der Waals surface area contributed by atoms with Gasteiger partial charge in [0.25, 0.3) is 5.91 Å². The zero-order chi connectivity index (χ0) is 21.9. The van der Waals surface area contributed by atoms with E-state index < -0.39 is 0 Å². The minimum atomic E-state index is -0.0955. The first-order chi connectivity index (χ1) is 14.5. The summed E-state index contributed by atoms with van der Waals surface area (Å²) < 4.78 is 10.5. The van der Waals surface area contributed by atoms with Crippen LogP contribution in [0.15, 0.2) is 77.0 Å². The Bertz CT molecular complexity index is 834. The van der Waals surface area contributed by atoms with E-state index in [1.54, 1.807) is 12.2 Å². The summed E-state index contributed by atoms with van der Waals surface area (Å²) in [5.74, 6) is 0.398. The van der Waals surface area contributed by atoms with Gasteiger partial charge in [-0.2, -0.15) is 0 Å². The molecule has 0 saturated carbocycles. The molecular formula is C25H33NO4. The highest BCUT2D eigenvalue weighted by atomic mass is 16.5. The second kappa shape index (κ2) is 11.9. The van der Waals surface area contributed by atoms with E-state index in [9.17, 15) is 9.90 Å². The molecule has 30 heavy (non-hydrogen) atoms. The van der Waals surface area contributed by atoms with Gasteiger partial charge in [0.05, 0.1) is 14.2 Å². The average Bonchev–Trinajstić information content (AvgIpc) is 2.93. The Morgan fingerprint density at radius 2 is 1.93 bits per heavy atom. The molecule has 0 heterocycles. The van der Waals surface area contributed by atoms with Crippen molar-refractivity contribution in [2.24, 2.45) is 0 Å². The summed E-state index contributed by atoms with van der Waals surface area (Å²) in [6.07, 6.45) is 8.65. The molecule has 0 aliphatic heterocycles. The van der Waals surface area contributed by atoms with Crippen LogP contribution in [-0.2, 0) is 20.7 Å². The Kier molecular flexibility index (Phi) is 9.26. The molecule has 0 fully saturated rings. The SMILES string of the molecule is CCCCN(C/C(C)=C/Cc1ccccc1)C(=O)C1=CC(OC)=C(O)C(OC)=CC1. The van der Waals surface area contributed by atoms with Crippen molar-refractivity contribution in [3.8, 4) is 0 Å². The molecule has 1 aromatic carbocycles. The van der Waals surface area contributed by atoms with Crippen molar-refractivity contribution in [3.05, 3.63) is 82.5 Å². The van der Waals surface area contributed by atoms with E-state index in [1.807, 2.05) is 23.1 Å². The number of aliphatic hydroxyl groups excluding tert-OH is 1. The number of unbranched alkanes of at least 4 members (excludes halogenated alkanes) is 1. The lowest BCUT2D eigenvalue weighted by Gasteiger charge is -2.24. The number of carbonyl (C=O) groups is 1. The maximum atomic E-state index is 13.3. The van der Waals surface area contributed by atoms with E-state index in [0.29, 0.717) is 30.8 Å². The van der Waals surface area contributed by atoms with E-state index in [4.69, 9.17) is 9.47 Å².